The third kappa shape index (κ3) is 3.20. The number of aryl methyl sites for hydroxylation is 2. The van der Waals surface area contributed by atoms with E-state index in [-0.39, 0.29) is 0 Å². The number of rotatable bonds is 6. The molecule has 2 heterocycles. The molecule has 0 amide bonds. The van der Waals surface area contributed by atoms with Crippen LogP contribution in [-0.4, -0.2) is 23.1 Å². The van der Waals surface area contributed by atoms with Gasteiger partial charge in [0, 0.05) is 24.3 Å². The summed E-state index contributed by atoms with van der Waals surface area (Å²) in [7, 11) is 2.01. The van der Waals surface area contributed by atoms with Crippen LogP contribution in [0.15, 0.2) is 18.2 Å². The van der Waals surface area contributed by atoms with Crippen molar-refractivity contribution in [2.24, 2.45) is 7.05 Å². The highest BCUT2D eigenvalue weighted by molar-refractivity contribution is 5.44. The minimum Gasteiger partial charge on any atom is -0.454 e. The summed E-state index contributed by atoms with van der Waals surface area (Å²) in [6.07, 6.45) is 2.01. The zero-order valence-electron chi connectivity index (χ0n) is 14.3. The summed E-state index contributed by atoms with van der Waals surface area (Å²) in [6.45, 7) is 7.69. The van der Waals surface area contributed by atoms with Gasteiger partial charge >= 0.3 is 0 Å². The Kier molecular flexibility index (Phi) is 4.57. The molecule has 1 aliphatic heterocycles. The minimum atomic E-state index is 0.328. The number of hydrogen-bond donors (Lipinski definition) is 1. The molecule has 0 spiro atoms. The van der Waals surface area contributed by atoms with Crippen LogP contribution in [-0.2, 0) is 13.5 Å². The predicted molar refractivity (Wildman–Crippen MR) is 90.0 cm³/mol. The van der Waals surface area contributed by atoms with Gasteiger partial charge in [0.1, 0.15) is 0 Å². The molecule has 3 rings (SSSR count). The standard InChI is InChI=1S/C18H25N3O2/c1-5-15(18-12(2)20-21(4)13(18)3)19-9-8-14-6-7-16-17(10-14)23-11-22-16/h6-7,10,15,19H,5,8-9,11H2,1-4H3/t15-/m1/s1. The fourth-order valence-electron chi connectivity index (χ4n) is 3.23. The monoisotopic (exact) mass is 315 g/mol. The number of aromatic nitrogens is 2. The third-order valence-corrected chi connectivity index (χ3v) is 4.56. The Hall–Kier alpha value is -2.01. The lowest BCUT2D eigenvalue weighted by atomic mass is 10.0. The van der Waals surface area contributed by atoms with Gasteiger partial charge in [-0.3, -0.25) is 4.68 Å². The van der Waals surface area contributed by atoms with Gasteiger partial charge in [0.05, 0.1) is 5.69 Å². The van der Waals surface area contributed by atoms with E-state index in [1.54, 1.807) is 0 Å². The fourth-order valence-corrected chi connectivity index (χ4v) is 3.23. The van der Waals surface area contributed by atoms with Crippen LogP contribution in [0.1, 0.15) is 41.9 Å². The van der Waals surface area contributed by atoms with Crippen LogP contribution < -0.4 is 14.8 Å². The molecule has 1 atom stereocenters. The zero-order chi connectivity index (χ0) is 16.4. The van der Waals surface area contributed by atoms with Crippen molar-refractivity contribution in [3.8, 4) is 11.5 Å². The first-order valence-electron chi connectivity index (χ1n) is 8.22. The van der Waals surface area contributed by atoms with E-state index in [1.807, 2.05) is 17.8 Å². The number of benzene rings is 1. The SMILES string of the molecule is CC[C@@H](NCCc1ccc2c(c1)OCO2)c1c(C)nn(C)c1C. The second-order valence-corrected chi connectivity index (χ2v) is 6.06. The van der Waals surface area contributed by atoms with Gasteiger partial charge in [0.2, 0.25) is 6.79 Å². The van der Waals surface area contributed by atoms with Crippen molar-refractivity contribution in [3.63, 3.8) is 0 Å². The van der Waals surface area contributed by atoms with Crippen LogP contribution in [0.25, 0.3) is 0 Å². The van der Waals surface area contributed by atoms with Gasteiger partial charge in [0.25, 0.3) is 0 Å². The Labute approximate surface area is 137 Å². The molecule has 5 heteroatoms. The molecule has 1 N–H and O–H groups in total. The molecule has 1 aromatic carbocycles. The third-order valence-electron chi connectivity index (χ3n) is 4.56. The lowest BCUT2D eigenvalue weighted by Gasteiger charge is -2.18. The summed E-state index contributed by atoms with van der Waals surface area (Å²) in [5, 5.41) is 8.20. The van der Waals surface area contributed by atoms with Crippen molar-refractivity contribution in [2.45, 2.75) is 39.7 Å². The van der Waals surface area contributed by atoms with Gasteiger partial charge in [0.15, 0.2) is 11.5 Å². The van der Waals surface area contributed by atoms with Crippen LogP contribution in [0.5, 0.6) is 11.5 Å². The lowest BCUT2D eigenvalue weighted by molar-refractivity contribution is 0.174. The Balaban J connectivity index is 1.62. The molecule has 0 bridgehead atoms. The van der Waals surface area contributed by atoms with E-state index < -0.39 is 0 Å². The Bertz CT molecular complexity index is 694. The number of hydrogen-bond acceptors (Lipinski definition) is 4. The smallest absolute Gasteiger partial charge is 0.231 e. The first kappa shape index (κ1) is 15.9. The maximum absolute atomic E-state index is 5.44. The second kappa shape index (κ2) is 6.62. The Morgan fingerprint density at radius 2 is 2.04 bits per heavy atom. The van der Waals surface area contributed by atoms with E-state index in [0.717, 1.165) is 36.6 Å². The summed E-state index contributed by atoms with van der Waals surface area (Å²) >= 11 is 0. The second-order valence-electron chi connectivity index (χ2n) is 6.06. The van der Waals surface area contributed by atoms with Crippen molar-refractivity contribution >= 4 is 0 Å². The summed E-state index contributed by atoms with van der Waals surface area (Å²) in [5.41, 5.74) is 4.95. The van der Waals surface area contributed by atoms with Gasteiger partial charge in [-0.25, -0.2) is 0 Å². The van der Waals surface area contributed by atoms with Crippen molar-refractivity contribution < 1.29 is 9.47 Å². The van der Waals surface area contributed by atoms with Crippen molar-refractivity contribution in [1.29, 1.82) is 0 Å². The quantitative estimate of drug-likeness (QED) is 0.890. The predicted octanol–water partition coefficient (Wildman–Crippen LogP) is 3.05. The molecule has 2 aromatic rings. The van der Waals surface area contributed by atoms with Gasteiger partial charge in [-0.15, -0.1) is 0 Å². The average molecular weight is 315 g/mol. The fraction of sp³-hybridized carbons (Fsp3) is 0.500. The zero-order valence-corrected chi connectivity index (χ0v) is 14.3. The Morgan fingerprint density at radius 1 is 1.26 bits per heavy atom. The van der Waals surface area contributed by atoms with Crippen LogP contribution in [0.4, 0.5) is 0 Å². The van der Waals surface area contributed by atoms with Gasteiger partial charge < -0.3 is 14.8 Å². The van der Waals surface area contributed by atoms with E-state index in [0.29, 0.717) is 12.8 Å². The highest BCUT2D eigenvalue weighted by atomic mass is 16.7. The van der Waals surface area contributed by atoms with Gasteiger partial charge in [-0.05, 0) is 50.9 Å². The normalized spacial score (nSPS) is 14.3. The molecule has 0 aliphatic carbocycles. The molecular weight excluding hydrogens is 290 g/mol. The number of fused-ring (bicyclic) bond motifs is 1. The van der Waals surface area contributed by atoms with Crippen molar-refractivity contribution in [1.82, 2.24) is 15.1 Å². The molecule has 0 saturated heterocycles. The summed E-state index contributed by atoms with van der Waals surface area (Å²) in [6, 6.07) is 6.52. The van der Waals surface area contributed by atoms with Gasteiger partial charge in [-0.1, -0.05) is 13.0 Å². The molecule has 5 nitrogen and oxygen atoms in total. The van der Waals surface area contributed by atoms with Crippen molar-refractivity contribution in [2.75, 3.05) is 13.3 Å². The largest absolute Gasteiger partial charge is 0.454 e. The molecular formula is C18H25N3O2. The van der Waals surface area contributed by atoms with E-state index >= 15 is 0 Å². The number of ether oxygens (including phenoxy) is 2. The molecule has 23 heavy (non-hydrogen) atoms. The topological polar surface area (TPSA) is 48.3 Å². The average Bonchev–Trinajstić information content (AvgIpc) is 3.09. The molecule has 0 saturated carbocycles. The maximum Gasteiger partial charge on any atom is 0.231 e. The summed E-state index contributed by atoms with van der Waals surface area (Å²) < 4.78 is 12.8. The van der Waals surface area contributed by atoms with E-state index in [2.05, 4.69) is 43.3 Å². The maximum atomic E-state index is 5.44. The molecule has 0 radical (unpaired) electrons. The highest BCUT2D eigenvalue weighted by Gasteiger charge is 2.18. The van der Waals surface area contributed by atoms with E-state index in [4.69, 9.17) is 9.47 Å². The van der Waals surface area contributed by atoms with Crippen LogP contribution in [0.2, 0.25) is 0 Å². The van der Waals surface area contributed by atoms with Crippen LogP contribution in [0.3, 0.4) is 0 Å². The molecule has 124 valence electrons. The summed E-state index contributed by atoms with van der Waals surface area (Å²) in [4.78, 5) is 0. The van der Waals surface area contributed by atoms with E-state index in [1.165, 1.54) is 16.8 Å². The minimum absolute atomic E-state index is 0.328. The Morgan fingerprint density at radius 3 is 2.74 bits per heavy atom. The van der Waals surface area contributed by atoms with Crippen molar-refractivity contribution in [3.05, 3.63) is 40.7 Å². The van der Waals surface area contributed by atoms with Gasteiger partial charge in [-0.2, -0.15) is 5.10 Å². The molecule has 0 unspecified atom stereocenters. The summed E-state index contributed by atoms with van der Waals surface area (Å²) in [5.74, 6) is 1.70. The molecule has 1 aliphatic rings. The van der Waals surface area contributed by atoms with Crippen LogP contribution in [0, 0.1) is 13.8 Å². The number of nitrogens with one attached hydrogen (secondary N) is 1. The van der Waals surface area contributed by atoms with Crippen LogP contribution >= 0.6 is 0 Å². The highest BCUT2D eigenvalue weighted by Crippen LogP contribution is 2.32. The lowest BCUT2D eigenvalue weighted by Crippen LogP contribution is -2.24. The number of nitrogens with zero attached hydrogens (tertiary/aromatic N) is 2. The first-order valence-corrected chi connectivity index (χ1v) is 8.22. The molecule has 1 aromatic heterocycles. The van der Waals surface area contributed by atoms with E-state index in [9.17, 15) is 0 Å². The molecule has 0 fully saturated rings. The first-order chi connectivity index (χ1) is 11.1.